The zero-order valence-electron chi connectivity index (χ0n) is 17.2. The average molecular weight is 427 g/mol. The molecule has 160 valence electrons. The number of halogens is 1. The van der Waals surface area contributed by atoms with E-state index < -0.39 is 0 Å². The minimum absolute atomic E-state index is 0.111. The van der Waals surface area contributed by atoms with Gasteiger partial charge in [-0.2, -0.15) is 0 Å². The molecule has 1 atom stereocenters. The Hall–Kier alpha value is -2.48. The fraction of sp³-hybridized carbons (Fsp3) is 0.550. The van der Waals surface area contributed by atoms with Gasteiger partial charge in [0.25, 0.3) is 5.91 Å². The SMILES string of the molecule is CCOC(=O)C1CCCN(C(=O)CN(C)C(=O)c2cc(Cl)c(OC)c(OC)c2)C1. The van der Waals surface area contributed by atoms with Crippen LogP contribution in [-0.2, 0) is 14.3 Å². The van der Waals surface area contributed by atoms with Crippen molar-refractivity contribution in [3.05, 3.63) is 22.7 Å². The van der Waals surface area contributed by atoms with Gasteiger partial charge < -0.3 is 24.0 Å². The number of nitrogens with zero attached hydrogens (tertiary/aromatic N) is 2. The van der Waals surface area contributed by atoms with Crippen molar-refractivity contribution < 1.29 is 28.6 Å². The van der Waals surface area contributed by atoms with Crippen LogP contribution in [0.1, 0.15) is 30.1 Å². The molecule has 1 saturated heterocycles. The number of likely N-dealkylation sites (tertiary alicyclic amines) is 1. The Morgan fingerprint density at radius 2 is 1.97 bits per heavy atom. The van der Waals surface area contributed by atoms with E-state index in [0.29, 0.717) is 37.6 Å². The molecule has 0 saturated carbocycles. The van der Waals surface area contributed by atoms with Gasteiger partial charge in [0.1, 0.15) is 0 Å². The van der Waals surface area contributed by atoms with Gasteiger partial charge >= 0.3 is 5.97 Å². The lowest BCUT2D eigenvalue weighted by atomic mass is 9.98. The highest BCUT2D eigenvalue weighted by Gasteiger charge is 2.30. The van der Waals surface area contributed by atoms with Crippen molar-refractivity contribution in [3.63, 3.8) is 0 Å². The third kappa shape index (κ3) is 5.53. The molecule has 1 aliphatic rings. The van der Waals surface area contributed by atoms with E-state index in [0.717, 1.165) is 6.42 Å². The van der Waals surface area contributed by atoms with Crippen LogP contribution in [0, 0.1) is 5.92 Å². The molecule has 29 heavy (non-hydrogen) atoms. The Bertz CT molecular complexity index is 770. The van der Waals surface area contributed by atoms with Crippen LogP contribution >= 0.6 is 11.6 Å². The van der Waals surface area contributed by atoms with E-state index in [9.17, 15) is 14.4 Å². The molecule has 0 aromatic heterocycles. The summed E-state index contributed by atoms with van der Waals surface area (Å²) in [4.78, 5) is 40.3. The van der Waals surface area contributed by atoms with Gasteiger partial charge in [0, 0.05) is 25.7 Å². The predicted octanol–water partition coefficient (Wildman–Crippen LogP) is 2.23. The number of ether oxygens (including phenoxy) is 3. The second kappa shape index (κ2) is 10.3. The van der Waals surface area contributed by atoms with Crippen molar-refractivity contribution in [1.29, 1.82) is 0 Å². The Morgan fingerprint density at radius 1 is 1.24 bits per heavy atom. The number of esters is 1. The van der Waals surface area contributed by atoms with Gasteiger partial charge in [-0.05, 0) is 31.9 Å². The van der Waals surface area contributed by atoms with Crippen molar-refractivity contribution in [1.82, 2.24) is 9.80 Å². The van der Waals surface area contributed by atoms with Gasteiger partial charge in [-0.25, -0.2) is 0 Å². The molecule has 1 unspecified atom stereocenters. The third-order valence-corrected chi connectivity index (χ3v) is 5.07. The number of hydrogen-bond acceptors (Lipinski definition) is 6. The summed E-state index contributed by atoms with van der Waals surface area (Å²) in [6.45, 7) is 2.82. The molecule has 0 bridgehead atoms. The van der Waals surface area contributed by atoms with E-state index in [1.165, 1.54) is 38.3 Å². The molecule has 0 radical (unpaired) electrons. The number of rotatable bonds is 7. The zero-order chi connectivity index (χ0) is 21.6. The molecule has 0 N–H and O–H groups in total. The molecule has 0 spiro atoms. The Labute approximate surface area is 175 Å². The van der Waals surface area contributed by atoms with Gasteiger partial charge in [0.2, 0.25) is 5.91 Å². The van der Waals surface area contributed by atoms with Gasteiger partial charge in [0.05, 0.1) is 38.3 Å². The van der Waals surface area contributed by atoms with Crippen LogP contribution < -0.4 is 9.47 Å². The van der Waals surface area contributed by atoms with E-state index in [-0.39, 0.29) is 40.8 Å². The van der Waals surface area contributed by atoms with Crippen LogP contribution in [0.15, 0.2) is 12.1 Å². The molecule has 2 rings (SSSR count). The maximum Gasteiger partial charge on any atom is 0.310 e. The summed E-state index contributed by atoms with van der Waals surface area (Å²) in [5.41, 5.74) is 0.283. The van der Waals surface area contributed by atoms with Crippen LogP contribution in [0.5, 0.6) is 11.5 Å². The minimum atomic E-state index is -0.375. The second-order valence-corrected chi connectivity index (χ2v) is 7.19. The largest absolute Gasteiger partial charge is 0.493 e. The number of piperidine rings is 1. The summed E-state index contributed by atoms with van der Waals surface area (Å²) < 4.78 is 15.5. The lowest BCUT2D eigenvalue weighted by Crippen LogP contribution is -2.47. The molecule has 8 nitrogen and oxygen atoms in total. The number of hydrogen-bond donors (Lipinski definition) is 0. The zero-order valence-corrected chi connectivity index (χ0v) is 18.0. The van der Waals surface area contributed by atoms with Gasteiger partial charge in [-0.15, -0.1) is 0 Å². The number of benzene rings is 1. The molecule has 1 heterocycles. The van der Waals surface area contributed by atoms with E-state index in [1.807, 2.05) is 0 Å². The van der Waals surface area contributed by atoms with Crippen LogP contribution in [0.4, 0.5) is 0 Å². The maximum atomic E-state index is 12.8. The van der Waals surface area contributed by atoms with E-state index in [4.69, 9.17) is 25.8 Å². The number of methoxy groups -OCH3 is 2. The standard InChI is InChI=1S/C20H27ClN2O6/c1-5-29-20(26)13-7-6-8-23(11-13)17(24)12-22(2)19(25)14-9-15(21)18(28-4)16(10-14)27-3/h9-10,13H,5-8,11-12H2,1-4H3. The monoisotopic (exact) mass is 426 g/mol. The van der Waals surface area contributed by atoms with Crippen LogP contribution in [0.2, 0.25) is 5.02 Å². The van der Waals surface area contributed by atoms with Crippen molar-refractivity contribution >= 4 is 29.4 Å². The molecule has 1 aromatic rings. The fourth-order valence-electron chi connectivity index (χ4n) is 3.29. The third-order valence-electron chi connectivity index (χ3n) is 4.79. The Balaban J connectivity index is 2.04. The summed E-state index contributed by atoms with van der Waals surface area (Å²) in [5, 5.41) is 0.239. The highest BCUT2D eigenvalue weighted by molar-refractivity contribution is 6.32. The normalized spacial score (nSPS) is 16.2. The quantitative estimate of drug-likeness (QED) is 0.621. The second-order valence-electron chi connectivity index (χ2n) is 6.79. The highest BCUT2D eigenvalue weighted by Crippen LogP contribution is 2.36. The Morgan fingerprint density at radius 3 is 2.59 bits per heavy atom. The highest BCUT2D eigenvalue weighted by atomic mass is 35.5. The van der Waals surface area contributed by atoms with Gasteiger partial charge in [-0.3, -0.25) is 14.4 Å². The smallest absolute Gasteiger partial charge is 0.310 e. The molecule has 9 heteroatoms. The molecular weight excluding hydrogens is 400 g/mol. The first-order valence-corrected chi connectivity index (χ1v) is 9.81. The van der Waals surface area contributed by atoms with Crippen molar-refractivity contribution in [2.75, 3.05) is 47.5 Å². The summed E-state index contributed by atoms with van der Waals surface area (Å²) in [6.07, 6.45) is 1.42. The van der Waals surface area contributed by atoms with E-state index >= 15 is 0 Å². The summed E-state index contributed by atoms with van der Waals surface area (Å²) in [5.74, 6) is -0.534. The number of amides is 2. The van der Waals surface area contributed by atoms with E-state index in [2.05, 4.69) is 0 Å². The minimum Gasteiger partial charge on any atom is -0.493 e. The first-order chi connectivity index (χ1) is 13.8. The average Bonchev–Trinajstić information content (AvgIpc) is 2.72. The Kier molecular flexibility index (Phi) is 8.13. The number of likely N-dealkylation sites (N-methyl/N-ethyl adjacent to an activating group) is 1. The maximum absolute atomic E-state index is 12.8. The first-order valence-electron chi connectivity index (χ1n) is 9.43. The van der Waals surface area contributed by atoms with Crippen molar-refractivity contribution in [2.45, 2.75) is 19.8 Å². The van der Waals surface area contributed by atoms with Crippen LogP contribution in [0.25, 0.3) is 0 Å². The molecule has 1 fully saturated rings. The van der Waals surface area contributed by atoms with Crippen molar-refractivity contribution in [2.24, 2.45) is 5.92 Å². The van der Waals surface area contributed by atoms with Gasteiger partial charge in [-0.1, -0.05) is 11.6 Å². The molecule has 0 aliphatic carbocycles. The molecule has 1 aromatic carbocycles. The predicted molar refractivity (Wildman–Crippen MR) is 107 cm³/mol. The summed E-state index contributed by atoms with van der Waals surface area (Å²) in [6, 6.07) is 3.00. The van der Waals surface area contributed by atoms with Gasteiger partial charge in [0.15, 0.2) is 11.5 Å². The molecule has 1 aliphatic heterocycles. The fourth-order valence-corrected chi connectivity index (χ4v) is 3.58. The first kappa shape index (κ1) is 22.8. The van der Waals surface area contributed by atoms with E-state index in [1.54, 1.807) is 11.8 Å². The lowest BCUT2D eigenvalue weighted by Gasteiger charge is -2.32. The van der Waals surface area contributed by atoms with Crippen LogP contribution in [-0.4, -0.2) is 75.1 Å². The molecule has 2 amide bonds. The summed E-state index contributed by atoms with van der Waals surface area (Å²) in [7, 11) is 4.45. The lowest BCUT2D eigenvalue weighted by molar-refractivity contribution is -0.151. The number of carbonyl (C=O) groups is 3. The topological polar surface area (TPSA) is 85.4 Å². The summed E-state index contributed by atoms with van der Waals surface area (Å²) >= 11 is 6.17. The van der Waals surface area contributed by atoms with Crippen molar-refractivity contribution in [3.8, 4) is 11.5 Å². The van der Waals surface area contributed by atoms with Crippen LogP contribution in [0.3, 0.4) is 0 Å². The number of carbonyl (C=O) groups excluding carboxylic acids is 3. The molecular formula is C20H27ClN2O6.